The van der Waals surface area contributed by atoms with Gasteiger partial charge in [0, 0.05) is 42.6 Å². The van der Waals surface area contributed by atoms with E-state index < -0.39 is 0 Å². The van der Waals surface area contributed by atoms with E-state index in [1.807, 2.05) is 23.8 Å². The van der Waals surface area contributed by atoms with E-state index in [-0.39, 0.29) is 22.5 Å². The van der Waals surface area contributed by atoms with E-state index >= 15 is 0 Å². The summed E-state index contributed by atoms with van der Waals surface area (Å²) in [6.07, 6.45) is 2.81. The van der Waals surface area contributed by atoms with Gasteiger partial charge in [0.1, 0.15) is 0 Å². The van der Waals surface area contributed by atoms with Crippen LogP contribution in [-0.4, -0.2) is 53.0 Å². The lowest BCUT2D eigenvalue weighted by molar-refractivity contribution is -0.209. The Morgan fingerprint density at radius 1 is 1.41 bits per heavy atom. The molecule has 1 N–H and O–H groups in total. The maximum absolute atomic E-state index is 11.7. The second-order valence-electron chi connectivity index (χ2n) is 6.56. The molecule has 0 amide bonds. The molecule has 0 radical (unpaired) electrons. The van der Waals surface area contributed by atoms with Crippen molar-refractivity contribution in [1.82, 2.24) is 9.47 Å². The van der Waals surface area contributed by atoms with Gasteiger partial charge in [-0.25, -0.2) is 0 Å². The lowest BCUT2D eigenvalue weighted by Gasteiger charge is -2.56. The Hall–Kier alpha value is -0.690. The van der Waals surface area contributed by atoms with E-state index in [9.17, 15) is 9.90 Å². The van der Waals surface area contributed by atoms with Gasteiger partial charge in [-0.15, -0.1) is 0 Å². The number of likely N-dealkylation sites (tertiary alicyclic amines) is 1. The van der Waals surface area contributed by atoms with Crippen molar-refractivity contribution in [3.05, 3.63) is 20.7 Å². The van der Waals surface area contributed by atoms with E-state index in [4.69, 9.17) is 4.74 Å². The molecule has 1 aromatic rings. The molecule has 6 heteroatoms. The number of hydrogen-bond donors (Lipinski definition) is 1. The second-order valence-corrected chi connectivity index (χ2v) is 7.39. The van der Waals surface area contributed by atoms with Crippen LogP contribution in [-0.2, 0) is 11.3 Å². The first-order valence-corrected chi connectivity index (χ1v) is 9.12. The summed E-state index contributed by atoms with van der Waals surface area (Å²) in [6.45, 7) is 8.37. The monoisotopic (exact) mass is 326 g/mol. The molecule has 1 aliphatic carbocycles. The number of thiazole rings is 1. The van der Waals surface area contributed by atoms with Crippen molar-refractivity contribution >= 4 is 11.3 Å². The van der Waals surface area contributed by atoms with E-state index in [0.29, 0.717) is 0 Å². The third kappa shape index (κ3) is 2.77. The molecule has 2 aliphatic rings. The van der Waals surface area contributed by atoms with Crippen molar-refractivity contribution in [2.45, 2.75) is 51.9 Å². The molecule has 2 atom stereocenters. The van der Waals surface area contributed by atoms with Gasteiger partial charge in [0.25, 0.3) is 0 Å². The number of aliphatic hydroxyl groups is 1. The Labute approximate surface area is 135 Å². The van der Waals surface area contributed by atoms with Gasteiger partial charge in [-0.3, -0.25) is 4.79 Å². The molecule has 1 aromatic heterocycles. The number of rotatable bonds is 5. The number of aromatic nitrogens is 1. The van der Waals surface area contributed by atoms with E-state index in [1.165, 1.54) is 11.3 Å². The van der Waals surface area contributed by atoms with Crippen LogP contribution >= 0.6 is 11.3 Å². The van der Waals surface area contributed by atoms with E-state index in [0.717, 1.165) is 57.7 Å². The van der Waals surface area contributed by atoms with Crippen molar-refractivity contribution in [3.8, 4) is 0 Å². The number of nitrogens with zero attached hydrogens (tertiary/aromatic N) is 2. The Kier molecular flexibility index (Phi) is 4.73. The summed E-state index contributed by atoms with van der Waals surface area (Å²) in [4.78, 5) is 14.3. The van der Waals surface area contributed by atoms with E-state index in [2.05, 4.69) is 4.90 Å². The Morgan fingerprint density at radius 2 is 2.14 bits per heavy atom. The summed E-state index contributed by atoms with van der Waals surface area (Å²) >= 11 is 1.28. The highest BCUT2D eigenvalue weighted by molar-refractivity contribution is 7.07. The van der Waals surface area contributed by atoms with Gasteiger partial charge in [-0.2, -0.15) is 0 Å². The number of aryl methyl sites for hydroxylation is 1. The van der Waals surface area contributed by atoms with Crippen LogP contribution in [0.25, 0.3) is 0 Å². The fourth-order valence-corrected chi connectivity index (χ4v) is 4.69. The summed E-state index contributed by atoms with van der Waals surface area (Å²) < 4.78 is 7.66. The molecule has 0 aromatic carbocycles. The van der Waals surface area contributed by atoms with Gasteiger partial charge in [-0.1, -0.05) is 11.3 Å². The van der Waals surface area contributed by atoms with Gasteiger partial charge < -0.3 is 19.3 Å². The van der Waals surface area contributed by atoms with Gasteiger partial charge in [0.15, 0.2) is 0 Å². The molecule has 0 bridgehead atoms. The average molecular weight is 326 g/mol. The van der Waals surface area contributed by atoms with Crippen molar-refractivity contribution < 1.29 is 9.84 Å². The molecule has 124 valence electrons. The molecular weight excluding hydrogens is 300 g/mol. The normalized spacial score (nSPS) is 28.0. The summed E-state index contributed by atoms with van der Waals surface area (Å²) in [6, 6.07) is 0. The Morgan fingerprint density at radius 3 is 2.68 bits per heavy atom. The Balaban J connectivity index is 1.53. The molecule has 3 rings (SSSR count). The zero-order valence-electron chi connectivity index (χ0n) is 13.5. The predicted octanol–water partition coefficient (Wildman–Crippen LogP) is 1.47. The summed E-state index contributed by atoms with van der Waals surface area (Å²) in [7, 11) is 0. The molecule has 1 saturated carbocycles. The summed E-state index contributed by atoms with van der Waals surface area (Å²) in [5, 5.41) is 12.1. The molecule has 1 saturated heterocycles. The smallest absolute Gasteiger partial charge is 0.307 e. The van der Waals surface area contributed by atoms with Crippen LogP contribution in [0, 0.1) is 12.3 Å². The minimum absolute atomic E-state index is 0.0123. The maximum Gasteiger partial charge on any atom is 0.307 e. The molecule has 2 fully saturated rings. The van der Waals surface area contributed by atoms with Gasteiger partial charge in [-0.05, 0) is 39.8 Å². The maximum atomic E-state index is 11.7. The number of piperidine rings is 1. The average Bonchev–Trinajstić information content (AvgIpc) is 2.84. The number of ether oxygens (including phenoxy) is 1. The zero-order valence-corrected chi connectivity index (χ0v) is 14.3. The fourth-order valence-electron chi connectivity index (χ4n) is 3.93. The second kappa shape index (κ2) is 6.43. The third-order valence-electron chi connectivity index (χ3n) is 5.51. The van der Waals surface area contributed by atoms with Crippen LogP contribution in [0.1, 0.15) is 31.9 Å². The SMILES string of the molecule is CCOC1CC(O)C12CCN(CCn1c(C)csc1=O)CC2. The fraction of sp³-hybridized carbons (Fsp3) is 0.812. The van der Waals surface area contributed by atoms with Gasteiger partial charge in [0.2, 0.25) is 0 Å². The van der Waals surface area contributed by atoms with Crippen molar-refractivity contribution in [2.75, 3.05) is 26.2 Å². The van der Waals surface area contributed by atoms with Crippen molar-refractivity contribution in [1.29, 1.82) is 0 Å². The van der Waals surface area contributed by atoms with Gasteiger partial charge >= 0.3 is 4.87 Å². The Bertz CT molecular complexity index is 558. The zero-order chi connectivity index (χ0) is 15.7. The minimum atomic E-state index is -0.201. The molecule has 22 heavy (non-hydrogen) atoms. The van der Waals surface area contributed by atoms with Crippen LogP contribution in [0.5, 0.6) is 0 Å². The number of aliphatic hydroxyl groups excluding tert-OH is 1. The molecule has 1 spiro atoms. The largest absolute Gasteiger partial charge is 0.392 e. The summed E-state index contributed by atoms with van der Waals surface area (Å²) in [5.41, 5.74) is 1.04. The van der Waals surface area contributed by atoms with Crippen LogP contribution < -0.4 is 4.87 Å². The lowest BCUT2D eigenvalue weighted by atomic mass is 9.58. The summed E-state index contributed by atoms with van der Waals surface area (Å²) in [5.74, 6) is 0. The van der Waals surface area contributed by atoms with Gasteiger partial charge in [0.05, 0.1) is 12.2 Å². The van der Waals surface area contributed by atoms with E-state index in [1.54, 1.807) is 0 Å². The highest BCUT2D eigenvalue weighted by Gasteiger charge is 2.55. The minimum Gasteiger partial charge on any atom is -0.392 e. The quantitative estimate of drug-likeness (QED) is 0.890. The first-order valence-electron chi connectivity index (χ1n) is 8.24. The van der Waals surface area contributed by atoms with Crippen LogP contribution in [0.2, 0.25) is 0 Å². The highest BCUT2D eigenvalue weighted by Crippen LogP contribution is 2.50. The number of hydrogen-bond acceptors (Lipinski definition) is 5. The molecular formula is C16H26N2O3S. The van der Waals surface area contributed by atoms with Crippen LogP contribution in [0.15, 0.2) is 10.2 Å². The lowest BCUT2D eigenvalue weighted by Crippen LogP contribution is -2.62. The van der Waals surface area contributed by atoms with Crippen LogP contribution in [0.4, 0.5) is 0 Å². The first-order chi connectivity index (χ1) is 10.6. The first kappa shape index (κ1) is 16.2. The highest BCUT2D eigenvalue weighted by atomic mass is 32.1. The molecule has 1 aliphatic heterocycles. The predicted molar refractivity (Wildman–Crippen MR) is 87.5 cm³/mol. The molecule has 5 nitrogen and oxygen atoms in total. The molecule has 2 unspecified atom stereocenters. The van der Waals surface area contributed by atoms with Crippen LogP contribution in [0.3, 0.4) is 0 Å². The van der Waals surface area contributed by atoms with Crippen molar-refractivity contribution in [3.63, 3.8) is 0 Å². The topological polar surface area (TPSA) is 54.7 Å². The van der Waals surface area contributed by atoms with Crippen molar-refractivity contribution in [2.24, 2.45) is 5.41 Å². The third-order valence-corrected chi connectivity index (χ3v) is 6.39. The molecule has 2 heterocycles. The standard InChI is InChI=1S/C16H26N2O3S/c1-3-21-14-10-13(19)16(14)4-6-17(7-5-16)8-9-18-12(2)11-22-15(18)20/h11,13-14,19H,3-10H2,1-2H3.